The zero-order valence-corrected chi connectivity index (χ0v) is 10.6. The molecule has 8 heteroatoms. The Morgan fingerprint density at radius 2 is 2.15 bits per heavy atom. The average Bonchev–Trinajstić information content (AvgIpc) is 2.44. The number of nitrogens with zero attached hydrogens (tertiary/aromatic N) is 1. The van der Waals surface area contributed by atoms with Crippen molar-refractivity contribution in [2.24, 2.45) is 5.73 Å². The zero-order chi connectivity index (χ0) is 14.7. The van der Waals surface area contributed by atoms with Gasteiger partial charge < -0.3 is 19.6 Å². The number of ether oxygens (including phenoxy) is 2. The molecule has 2 rings (SSSR count). The molecule has 0 fully saturated rings. The van der Waals surface area contributed by atoms with Crippen LogP contribution in [-0.4, -0.2) is 24.4 Å². The summed E-state index contributed by atoms with van der Waals surface area (Å²) >= 11 is 0. The summed E-state index contributed by atoms with van der Waals surface area (Å²) < 4.78 is 15.1. The molecule has 106 valence electrons. The normalized spacial score (nSPS) is 10.5. The Labute approximate surface area is 112 Å². The van der Waals surface area contributed by atoms with Crippen LogP contribution in [0.25, 0.3) is 11.0 Å². The minimum absolute atomic E-state index is 0.0409. The molecule has 0 spiro atoms. The maximum atomic E-state index is 12.1. The number of hydrogen-bond acceptors (Lipinski definition) is 7. The summed E-state index contributed by atoms with van der Waals surface area (Å²) in [6.07, 6.45) is -0.980. The number of nitrogens with two attached hydrogens (primary N) is 1. The Bertz CT molecular complexity index is 761. The molecule has 8 nitrogen and oxygen atoms in total. The summed E-state index contributed by atoms with van der Waals surface area (Å²) in [7, 11) is 1.14. The van der Waals surface area contributed by atoms with Crippen LogP contribution < -0.4 is 21.8 Å². The van der Waals surface area contributed by atoms with E-state index in [4.69, 9.17) is 14.9 Å². The Morgan fingerprint density at radius 1 is 1.40 bits per heavy atom. The van der Waals surface area contributed by atoms with E-state index < -0.39 is 17.5 Å². The van der Waals surface area contributed by atoms with Crippen molar-refractivity contribution in [3.63, 3.8) is 0 Å². The molecule has 0 amide bonds. The number of rotatable bonds is 3. The van der Waals surface area contributed by atoms with Crippen molar-refractivity contribution in [1.82, 2.24) is 4.57 Å². The predicted molar refractivity (Wildman–Crippen MR) is 68.8 cm³/mol. The van der Waals surface area contributed by atoms with Crippen LogP contribution >= 0.6 is 0 Å². The van der Waals surface area contributed by atoms with Crippen LogP contribution in [0.2, 0.25) is 0 Å². The van der Waals surface area contributed by atoms with Gasteiger partial charge >= 0.3 is 11.9 Å². The van der Waals surface area contributed by atoms with E-state index in [1.807, 2.05) is 0 Å². The van der Waals surface area contributed by atoms with Gasteiger partial charge in [-0.15, -0.1) is 0 Å². The largest absolute Gasteiger partial charge is 0.513 e. The highest BCUT2D eigenvalue weighted by Gasteiger charge is 2.15. The van der Waals surface area contributed by atoms with Crippen molar-refractivity contribution < 1.29 is 18.7 Å². The highest BCUT2D eigenvalue weighted by molar-refractivity contribution is 5.83. The number of benzene rings is 1. The smallest absolute Gasteiger partial charge is 0.437 e. The molecule has 0 atom stereocenters. The van der Waals surface area contributed by atoms with E-state index in [9.17, 15) is 14.4 Å². The fraction of sp³-hybridized carbons (Fsp3) is 0.250. The van der Waals surface area contributed by atoms with E-state index in [-0.39, 0.29) is 29.8 Å². The summed E-state index contributed by atoms with van der Waals surface area (Å²) in [6, 6.07) is 4.33. The van der Waals surface area contributed by atoms with Crippen molar-refractivity contribution in [3.8, 4) is 5.75 Å². The van der Waals surface area contributed by atoms with E-state index in [0.717, 1.165) is 11.7 Å². The highest BCUT2D eigenvalue weighted by Crippen LogP contribution is 2.22. The molecule has 0 radical (unpaired) electrons. The zero-order valence-electron chi connectivity index (χ0n) is 10.6. The molecule has 1 aromatic carbocycles. The molecule has 0 saturated carbocycles. The number of carbonyl (C=O) groups excluding carboxylic acids is 1. The molecular formula is C12H12N2O6. The fourth-order valence-electron chi connectivity index (χ4n) is 1.69. The first kappa shape index (κ1) is 13.8. The Balaban J connectivity index is 2.68. The van der Waals surface area contributed by atoms with E-state index in [0.29, 0.717) is 0 Å². The van der Waals surface area contributed by atoms with E-state index in [1.54, 1.807) is 0 Å². The van der Waals surface area contributed by atoms with Gasteiger partial charge in [-0.05, 0) is 12.1 Å². The summed E-state index contributed by atoms with van der Waals surface area (Å²) in [5.41, 5.74) is 4.66. The second kappa shape index (κ2) is 5.57. The summed E-state index contributed by atoms with van der Waals surface area (Å²) in [4.78, 5) is 34.9. The number of fused-ring (bicyclic) bond motifs is 1. The molecule has 0 bridgehead atoms. The minimum atomic E-state index is -0.980. The van der Waals surface area contributed by atoms with Gasteiger partial charge in [0.1, 0.15) is 0 Å². The van der Waals surface area contributed by atoms with Gasteiger partial charge in [0.05, 0.1) is 12.5 Å². The van der Waals surface area contributed by atoms with Crippen molar-refractivity contribution >= 4 is 17.1 Å². The van der Waals surface area contributed by atoms with E-state index >= 15 is 0 Å². The number of methoxy groups -OCH3 is 1. The lowest BCUT2D eigenvalue weighted by atomic mass is 10.2. The second-order valence-corrected chi connectivity index (χ2v) is 3.80. The molecule has 2 aromatic rings. The third-order valence-corrected chi connectivity index (χ3v) is 2.58. The van der Waals surface area contributed by atoms with Crippen molar-refractivity contribution in [2.45, 2.75) is 6.54 Å². The molecule has 1 aromatic heterocycles. The molecule has 0 aliphatic carbocycles. The Kier molecular flexibility index (Phi) is 3.85. The van der Waals surface area contributed by atoms with Crippen molar-refractivity contribution in [2.75, 3.05) is 13.7 Å². The number of aromatic nitrogens is 1. The molecule has 2 N–H and O–H groups in total. The van der Waals surface area contributed by atoms with E-state index in [2.05, 4.69) is 4.74 Å². The summed E-state index contributed by atoms with van der Waals surface area (Å²) in [5.74, 6) is -0.933. The topological polar surface area (TPSA) is 114 Å². The number of carbonyl (C=O) groups is 1. The minimum Gasteiger partial charge on any atom is -0.437 e. The van der Waals surface area contributed by atoms with Crippen LogP contribution in [0, 0.1) is 0 Å². The first-order chi connectivity index (χ1) is 9.58. The lowest BCUT2D eigenvalue weighted by Crippen LogP contribution is -2.34. The van der Waals surface area contributed by atoms with Gasteiger partial charge in [0.15, 0.2) is 11.3 Å². The van der Waals surface area contributed by atoms with Crippen LogP contribution in [-0.2, 0) is 11.3 Å². The molecule has 0 aliphatic heterocycles. The Hall–Kier alpha value is -2.61. The van der Waals surface area contributed by atoms with Crippen LogP contribution in [0.5, 0.6) is 5.75 Å². The SMILES string of the molecule is COC(=O)Oc1cccc2c(=O)n(CCN)c(=O)oc12. The maximum Gasteiger partial charge on any atom is 0.513 e. The van der Waals surface area contributed by atoms with Gasteiger partial charge in [0, 0.05) is 13.1 Å². The van der Waals surface area contributed by atoms with Crippen LogP contribution in [0.3, 0.4) is 0 Å². The van der Waals surface area contributed by atoms with Gasteiger partial charge in [0.2, 0.25) is 0 Å². The monoisotopic (exact) mass is 280 g/mol. The second-order valence-electron chi connectivity index (χ2n) is 3.80. The fourth-order valence-corrected chi connectivity index (χ4v) is 1.69. The maximum absolute atomic E-state index is 12.1. The predicted octanol–water partition coefficient (Wildman–Crippen LogP) is 0.0586. The van der Waals surface area contributed by atoms with Crippen molar-refractivity contribution in [3.05, 3.63) is 39.1 Å². The first-order valence-corrected chi connectivity index (χ1v) is 5.71. The molecule has 0 saturated heterocycles. The van der Waals surface area contributed by atoms with Crippen LogP contribution in [0.1, 0.15) is 0 Å². The third-order valence-electron chi connectivity index (χ3n) is 2.58. The quantitative estimate of drug-likeness (QED) is 0.624. The van der Waals surface area contributed by atoms with Crippen LogP contribution in [0.15, 0.2) is 32.2 Å². The summed E-state index contributed by atoms with van der Waals surface area (Å²) in [5, 5.41) is 0.111. The molecule has 0 aliphatic rings. The first-order valence-electron chi connectivity index (χ1n) is 5.71. The van der Waals surface area contributed by atoms with Gasteiger partial charge in [-0.1, -0.05) is 6.07 Å². The lowest BCUT2D eigenvalue weighted by Gasteiger charge is -2.07. The standard InChI is InChI=1S/C12H12N2O6/c1-18-12(17)19-8-4-2-3-7-9(8)20-11(16)14(6-5-13)10(7)15/h2-4H,5-6,13H2,1H3. The van der Waals surface area contributed by atoms with Gasteiger partial charge in [0.25, 0.3) is 5.56 Å². The Morgan fingerprint density at radius 3 is 2.80 bits per heavy atom. The number of hydrogen-bond donors (Lipinski definition) is 1. The van der Waals surface area contributed by atoms with Crippen LogP contribution in [0.4, 0.5) is 4.79 Å². The third kappa shape index (κ3) is 2.41. The van der Waals surface area contributed by atoms with Crippen molar-refractivity contribution in [1.29, 1.82) is 0 Å². The molecule has 0 unspecified atom stereocenters. The molecule has 20 heavy (non-hydrogen) atoms. The van der Waals surface area contributed by atoms with Gasteiger partial charge in [-0.2, -0.15) is 0 Å². The molecule has 1 heterocycles. The average molecular weight is 280 g/mol. The van der Waals surface area contributed by atoms with E-state index in [1.165, 1.54) is 18.2 Å². The highest BCUT2D eigenvalue weighted by atomic mass is 16.7. The van der Waals surface area contributed by atoms with Gasteiger partial charge in [-0.3, -0.25) is 4.79 Å². The molecular weight excluding hydrogens is 268 g/mol. The summed E-state index contributed by atoms with van der Waals surface area (Å²) in [6.45, 7) is 0.160. The number of para-hydroxylation sites is 1. The van der Waals surface area contributed by atoms with Gasteiger partial charge in [-0.25, -0.2) is 14.2 Å². The lowest BCUT2D eigenvalue weighted by molar-refractivity contribution is 0.121.